The normalized spacial score (nSPS) is 13.3. The summed E-state index contributed by atoms with van der Waals surface area (Å²) in [6, 6.07) is 1.16. The Morgan fingerprint density at radius 1 is 0.950 bits per heavy atom. The molecule has 122 valence electrons. The van der Waals surface area contributed by atoms with E-state index in [1.54, 1.807) is 0 Å². The molecule has 0 aromatic carbocycles. The second-order valence-electron chi connectivity index (χ2n) is 4.81. The number of hydrogen-bond donors (Lipinski definition) is 2. The molecule has 0 saturated carbocycles. The van der Waals surface area contributed by atoms with Gasteiger partial charge in [-0.05, 0) is 6.04 Å². The van der Waals surface area contributed by atoms with Crippen molar-refractivity contribution in [2.24, 2.45) is 0 Å². The minimum Gasteiger partial charge on any atom is -0.398 e. The van der Waals surface area contributed by atoms with E-state index in [1.807, 2.05) is 0 Å². The lowest BCUT2D eigenvalue weighted by atomic mass is 10.1. The van der Waals surface area contributed by atoms with Crippen molar-refractivity contribution in [2.45, 2.75) is 57.8 Å². The van der Waals surface area contributed by atoms with Crippen molar-refractivity contribution in [2.75, 3.05) is 33.0 Å². The van der Waals surface area contributed by atoms with Crippen LogP contribution in [0.1, 0.15) is 45.4 Å². The molecule has 1 atom stereocenters. The molecule has 0 aromatic heterocycles. The fourth-order valence-corrected chi connectivity index (χ4v) is 3.03. The van der Waals surface area contributed by atoms with Gasteiger partial charge in [0.1, 0.15) is 0 Å². The van der Waals surface area contributed by atoms with E-state index in [0.29, 0.717) is 13.2 Å². The van der Waals surface area contributed by atoms with E-state index in [0.717, 1.165) is 6.04 Å². The summed E-state index contributed by atoms with van der Waals surface area (Å²) < 4.78 is 16.3. The van der Waals surface area contributed by atoms with E-state index in [-0.39, 0.29) is 26.1 Å². The van der Waals surface area contributed by atoms with Crippen molar-refractivity contribution < 1.29 is 24.1 Å². The molecular formula is C14H32O5Si. The lowest BCUT2D eigenvalue weighted by molar-refractivity contribution is -0.129. The molecule has 0 radical (unpaired) electrons. The number of rotatable bonds is 16. The molecule has 0 aliphatic rings. The monoisotopic (exact) mass is 308 g/mol. The predicted octanol–water partition coefficient (Wildman–Crippen LogP) is 1.21. The number of aliphatic hydroxyl groups is 2. The van der Waals surface area contributed by atoms with Gasteiger partial charge in [-0.2, -0.15) is 0 Å². The molecule has 0 amide bonds. The average Bonchev–Trinajstić information content (AvgIpc) is 2.47. The molecule has 0 aliphatic carbocycles. The molecule has 0 rings (SSSR count). The summed E-state index contributed by atoms with van der Waals surface area (Å²) >= 11 is 0. The summed E-state index contributed by atoms with van der Waals surface area (Å²) in [5, 5.41) is 17.4. The Hall–Kier alpha value is 0.0169. The maximum atomic E-state index is 8.75. The molecule has 0 aliphatic heterocycles. The van der Waals surface area contributed by atoms with Crippen LogP contribution in [0.25, 0.3) is 0 Å². The molecular weight excluding hydrogens is 276 g/mol. The van der Waals surface area contributed by atoms with Crippen LogP contribution in [0.2, 0.25) is 6.04 Å². The lowest BCUT2D eigenvalue weighted by Gasteiger charge is -2.18. The number of ether oxygens (including phenoxy) is 2. The molecule has 20 heavy (non-hydrogen) atoms. The van der Waals surface area contributed by atoms with Crippen LogP contribution < -0.4 is 0 Å². The molecule has 6 heteroatoms. The van der Waals surface area contributed by atoms with E-state index in [9.17, 15) is 0 Å². The smallest absolute Gasteiger partial charge is 0.171 e. The van der Waals surface area contributed by atoms with E-state index >= 15 is 0 Å². The maximum Gasteiger partial charge on any atom is 0.171 e. The van der Waals surface area contributed by atoms with Gasteiger partial charge >= 0.3 is 0 Å². The zero-order valence-corrected chi connectivity index (χ0v) is 14.3. The van der Waals surface area contributed by atoms with Gasteiger partial charge in [0.15, 0.2) is 16.1 Å². The van der Waals surface area contributed by atoms with Gasteiger partial charge in [-0.25, -0.2) is 0 Å². The first-order valence-electron chi connectivity index (χ1n) is 7.87. The van der Waals surface area contributed by atoms with Crippen LogP contribution in [0, 0.1) is 0 Å². The zero-order chi connectivity index (χ0) is 14.9. The van der Waals surface area contributed by atoms with Gasteiger partial charge in [0.05, 0.1) is 33.0 Å². The average molecular weight is 308 g/mol. The molecule has 0 spiro atoms. The highest BCUT2D eigenvalue weighted by molar-refractivity contribution is 6.27. The minimum absolute atomic E-state index is 0.00189. The van der Waals surface area contributed by atoms with Crippen LogP contribution in [0.5, 0.6) is 0 Å². The zero-order valence-electron chi connectivity index (χ0n) is 12.9. The van der Waals surface area contributed by atoms with E-state index < -0.39 is 9.76 Å². The molecule has 0 heterocycles. The minimum atomic E-state index is -0.587. The van der Waals surface area contributed by atoms with E-state index in [1.165, 1.54) is 38.5 Å². The third kappa shape index (κ3) is 14.4. The third-order valence-corrected chi connectivity index (χ3v) is 4.33. The van der Waals surface area contributed by atoms with Gasteiger partial charge in [-0.3, -0.25) is 0 Å². The summed E-state index contributed by atoms with van der Waals surface area (Å²) in [5.41, 5.74) is 0. The van der Waals surface area contributed by atoms with Gasteiger partial charge in [-0.15, -0.1) is 0 Å². The Morgan fingerprint density at radius 2 is 1.65 bits per heavy atom. The second-order valence-corrected chi connectivity index (χ2v) is 6.26. The molecule has 5 nitrogen and oxygen atoms in total. The van der Waals surface area contributed by atoms with E-state index in [4.69, 9.17) is 24.1 Å². The standard InChI is InChI=1S/C14H32O5Si/c1-2-3-4-5-6-7-12-20-19-14(18-11-9-16)13-17-10-8-15/h14-16H,2-13,20H2,1H3. The van der Waals surface area contributed by atoms with Crippen LogP contribution in [-0.4, -0.2) is 59.3 Å². The number of hydrogen-bond acceptors (Lipinski definition) is 5. The van der Waals surface area contributed by atoms with Crippen molar-refractivity contribution in [3.8, 4) is 0 Å². The fraction of sp³-hybridized carbons (Fsp3) is 1.00. The van der Waals surface area contributed by atoms with Crippen LogP contribution in [0.15, 0.2) is 0 Å². The summed E-state index contributed by atoms with van der Waals surface area (Å²) in [7, 11) is -0.587. The van der Waals surface area contributed by atoms with Crippen molar-refractivity contribution in [3.63, 3.8) is 0 Å². The number of aliphatic hydroxyl groups excluding tert-OH is 2. The van der Waals surface area contributed by atoms with Crippen LogP contribution >= 0.6 is 0 Å². The maximum absolute atomic E-state index is 8.75. The largest absolute Gasteiger partial charge is 0.398 e. The van der Waals surface area contributed by atoms with Gasteiger partial charge < -0.3 is 24.1 Å². The Labute approximate surface area is 125 Å². The van der Waals surface area contributed by atoms with Crippen molar-refractivity contribution in [1.29, 1.82) is 0 Å². The van der Waals surface area contributed by atoms with Crippen LogP contribution in [-0.2, 0) is 13.9 Å². The van der Waals surface area contributed by atoms with Gasteiger partial charge in [0.2, 0.25) is 0 Å². The van der Waals surface area contributed by atoms with Crippen molar-refractivity contribution in [1.82, 2.24) is 0 Å². The van der Waals surface area contributed by atoms with Gasteiger partial charge in [0, 0.05) is 0 Å². The summed E-state index contributed by atoms with van der Waals surface area (Å²) in [6.45, 7) is 3.09. The topological polar surface area (TPSA) is 68.2 Å². The van der Waals surface area contributed by atoms with E-state index in [2.05, 4.69) is 6.92 Å². The van der Waals surface area contributed by atoms with Crippen molar-refractivity contribution in [3.05, 3.63) is 0 Å². The Bertz CT molecular complexity index is 183. The second kappa shape index (κ2) is 17.1. The SMILES string of the molecule is CCCCCCCC[SiH2]OC(COCCO)OCCO. The molecule has 0 saturated heterocycles. The molecule has 1 unspecified atom stereocenters. The Morgan fingerprint density at radius 3 is 2.35 bits per heavy atom. The van der Waals surface area contributed by atoms with Crippen molar-refractivity contribution >= 4 is 9.76 Å². The quantitative estimate of drug-likeness (QED) is 0.255. The molecule has 0 aromatic rings. The van der Waals surface area contributed by atoms with Crippen LogP contribution in [0.3, 0.4) is 0 Å². The summed E-state index contributed by atoms with van der Waals surface area (Å²) in [4.78, 5) is 0. The highest BCUT2D eigenvalue weighted by atomic mass is 28.2. The molecule has 0 fully saturated rings. The summed E-state index contributed by atoms with van der Waals surface area (Å²) in [6.07, 6.45) is 7.44. The number of unbranched alkanes of at least 4 members (excludes halogenated alkanes) is 5. The Kier molecular flexibility index (Phi) is 17.1. The lowest BCUT2D eigenvalue weighted by Crippen LogP contribution is -2.27. The van der Waals surface area contributed by atoms with Gasteiger partial charge in [0.25, 0.3) is 0 Å². The van der Waals surface area contributed by atoms with Gasteiger partial charge in [-0.1, -0.05) is 45.4 Å². The molecule has 2 N–H and O–H groups in total. The highest BCUT2D eigenvalue weighted by Crippen LogP contribution is 2.07. The summed E-state index contributed by atoms with van der Waals surface area (Å²) in [5.74, 6) is 0. The molecule has 0 bridgehead atoms. The first kappa shape index (κ1) is 20.0. The van der Waals surface area contributed by atoms with Crippen LogP contribution in [0.4, 0.5) is 0 Å². The first-order chi connectivity index (χ1) is 9.85. The fourth-order valence-electron chi connectivity index (χ4n) is 1.85. The highest BCUT2D eigenvalue weighted by Gasteiger charge is 2.09. The predicted molar refractivity (Wildman–Crippen MR) is 82.5 cm³/mol. The first-order valence-corrected chi connectivity index (χ1v) is 9.45. The third-order valence-electron chi connectivity index (χ3n) is 2.94. The Balaban J connectivity index is 3.46.